The third-order valence-electron chi connectivity index (χ3n) is 2.54. The third-order valence-corrected chi connectivity index (χ3v) is 3.57. The number of pyridine rings is 1. The van der Waals surface area contributed by atoms with Crippen LogP contribution in [0.25, 0.3) is 0 Å². The number of carbonyl (C=O) groups is 2. The molecule has 2 aromatic heterocycles. The second-order valence-electron chi connectivity index (χ2n) is 4.01. The zero-order chi connectivity index (χ0) is 14.7. The molecule has 0 spiro atoms. The number of amides is 1. The molecule has 0 aliphatic heterocycles. The van der Waals surface area contributed by atoms with Crippen LogP contribution in [0.3, 0.4) is 0 Å². The Bertz CT molecular complexity index is 656. The molecule has 2 aromatic rings. The van der Waals surface area contributed by atoms with E-state index in [0.29, 0.717) is 10.8 Å². The number of carbonyl (C=O) groups excluding carboxylic acids is 1. The molecule has 7 nitrogen and oxygen atoms in total. The predicted molar refractivity (Wildman–Crippen MR) is 73.9 cm³/mol. The first-order valence-electron chi connectivity index (χ1n) is 5.69. The maximum Gasteiger partial charge on any atom is 0.355 e. The molecule has 20 heavy (non-hydrogen) atoms. The third kappa shape index (κ3) is 2.91. The number of nitrogens with one attached hydrogen (secondary N) is 1. The van der Waals surface area contributed by atoms with Gasteiger partial charge in [0.1, 0.15) is 10.8 Å². The highest BCUT2D eigenvalue weighted by molar-refractivity contribution is 7.09. The number of rotatable bonds is 5. The van der Waals surface area contributed by atoms with Crippen LogP contribution >= 0.6 is 11.3 Å². The van der Waals surface area contributed by atoms with Gasteiger partial charge in [0.2, 0.25) is 0 Å². The molecule has 0 bridgehead atoms. The standard InChI is InChI=1S/C12H12N4O3S/c1-6(11-16-8(5-20-11)12(18)19)15-10-7(9(13)17)3-2-4-14-10/h2-6H,1H3,(H2,13,17)(H,14,15)(H,18,19). The first-order valence-corrected chi connectivity index (χ1v) is 6.57. The van der Waals surface area contributed by atoms with E-state index in [1.807, 2.05) is 0 Å². The zero-order valence-corrected chi connectivity index (χ0v) is 11.3. The van der Waals surface area contributed by atoms with Crippen molar-refractivity contribution in [3.05, 3.63) is 40.0 Å². The van der Waals surface area contributed by atoms with Crippen LogP contribution in [0.5, 0.6) is 0 Å². The molecule has 0 radical (unpaired) electrons. The molecule has 4 N–H and O–H groups in total. The van der Waals surface area contributed by atoms with Crippen molar-refractivity contribution in [3.63, 3.8) is 0 Å². The number of aromatic nitrogens is 2. The number of aromatic carboxylic acids is 1. The molecule has 0 aromatic carbocycles. The maximum absolute atomic E-state index is 11.3. The van der Waals surface area contributed by atoms with Crippen molar-refractivity contribution in [1.29, 1.82) is 0 Å². The average Bonchev–Trinajstić information content (AvgIpc) is 2.89. The van der Waals surface area contributed by atoms with E-state index in [-0.39, 0.29) is 17.3 Å². The Morgan fingerprint density at radius 1 is 1.50 bits per heavy atom. The second-order valence-corrected chi connectivity index (χ2v) is 4.90. The number of nitrogens with two attached hydrogens (primary N) is 1. The number of nitrogens with zero attached hydrogens (tertiary/aromatic N) is 2. The molecule has 104 valence electrons. The smallest absolute Gasteiger partial charge is 0.355 e. The summed E-state index contributed by atoms with van der Waals surface area (Å²) in [5.41, 5.74) is 5.53. The van der Waals surface area contributed by atoms with Crippen molar-refractivity contribution in [2.75, 3.05) is 5.32 Å². The van der Waals surface area contributed by atoms with Crippen molar-refractivity contribution in [2.24, 2.45) is 5.73 Å². The Balaban J connectivity index is 2.21. The molecular weight excluding hydrogens is 280 g/mol. The zero-order valence-electron chi connectivity index (χ0n) is 10.5. The minimum atomic E-state index is -1.07. The van der Waals surface area contributed by atoms with Crippen LogP contribution in [-0.4, -0.2) is 27.0 Å². The fraction of sp³-hybridized carbons (Fsp3) is 0.167. The van der Waals surface area contributed by atoms with E-state index in [0.717, 1.165) is 0 Å². The van der Waals surface area contributed by atoms with Gasteiger partial charge in [-0.2, -0.15) is 0 Å². The Morgan fingerprint density at radius 3 is 2.85 bits per heavy atom. The van der Waals surface area contributed by atoms with E-state index < -0.39 is 11.9 Å². The monoisotopic (exact) mass is 292 g/mol. The highest BCUT2D eigenvalue weighted by Gasteiger charge is 2.16. The van der Waals surface area contributed by atoms with E-state index in [2.05, 4.69) is 15.3 Å². The van der Waals surface area contributed by atoms with Gasteiger partial charge in [0.25, 0.3) is 5.91 Å². The van der Waals surface area contributed by atoms with E-state index in [1.54, 1.807) is 19.1 Å². The van der Waals surface area contributed by atoms with E-state index in [4.69, 9.17) is 10.8 Å². The molecule has 2 heterocycles. The normalized spacial score (nSPS) is 11.8. The van der Waals surface area contributed by atoms with Gasteiger partial charge in [-0.15, -0.1) is 11.3 Å². The lowest BCUT2D eigenvalue weighted by molar-refractivity contribution is 0.0691. The summed E-state index contributed by atoms with van der Waals surface area (Å²) >= 11 is 1.22. The molecule has 1 unspecified atom stereocenters. The van der Waals surface area contributed by atoms with Gasteiger partial charge in [-0.1, -0.05) is 0 Å². The van der Waals surface area contributed by atoms with Crippen LogP contribution < -0.4 is 11.1 Å². The number of thiazole rings is 1. The average molecular weight is 292 g/mol. The molecule has 0 fully saturated rings. The van der Waals surface area contributed by atoms with Gasteiger partial charge >= 0.3 is 5.97 Å². The summed E-state index contributed by atoms with van der Waals surface area (Å²) in [5.74, 6) is -1.31. The summed E-state index contributed by atoms with van der Waals surface area (Å²) in [5, 5.41) is 13.9. The largest absolute Gasteiger partial charge is 0.476 e. The van der Waals surface area contributed by atoms with Crippen LogP contribution in [-0.2, 0) is 0 Å². The molecular formula is C12H12N4O3S. The van der Waals surface area contributed by atoms with Gasteiger partial charge in [0.05, 0.1) is 11.6 Å². The Labute approximate surface area is 118 Å². The Hall–Kier alpha value is -2.48. The number of anilines is 1. The summed E-state index contributed by atoms with van der Waals surface area (Å²) < 4.78 is 0. The minimum absolute atomic E-state index is 0.00482. The van der Waals surface area contributed by atoms with Crippen LogP contribution in [0.4, 0.5) is 5.82 Å². The lowest BCUT2D eigenvalue weighted by Crippen LogP contribution is -2.17. The molecule has 0 saturated heterocycles. The van der Waals surface area contributed by atoms with E-state index >= 15 is 0 Å². The highest BCUT2D eigenvalue weighted by Crippen LogP contribution is 2.23. The van der Waals surface area contributed by atoms with E-state index in [9.17, 15) is 9.59 Å². The van der Waals surface area contributed by atoms with Crippen molar-refractivity contribution in [1.82, 2.24) is 9.97 Å². The maximum atomic E-state index is 11.3. The van der Waals surface area contributed by atoms with Crippen molar-refractivity contribution in [2.45, 2.75) is 13.0 Å². The summed E-state index contributed by atoms with van der Waals surface area (Å²) in [4.78, 5) is 30.1. The topological polar surface area (TPSA) is 118 Å². The lowest BCUT2D eigenvalue weighted by atomic mass is 10.2. The van der Waals surface area contributed by atoms with Gasteiger partial charge in [-0.05, 0) is 19.1 Å². The van der Waals surface area contributed by atoms with E-state index in [1.165, 1.54) is 22.9 Å². The van der Waals surface area contributed by atoms with Crippen LogP contribution in [0, 0.1) is 0 Å². The van der Waals surface area contributed by atoms with Crippen molar-refractivity contribution in [3.8, 4) is 0 Å². The molecule has 0 aliphatic rings. The van der Waals surface area contributed by atoms with Crippen molar-refractivity contribution < 1.29 is 14.7 Å². The first-order chi connectivity index (χ1) is 9.49. The Kier molecular flexibility index (Phi) is 3.94. The quantitative estimate of drug-likeness (QED) is 0.768. The first kappa shape index (κ1) is 13.9. The Morgan fingerprint density at radius 2 is 2.25 bits per heavy atom. The van der Waals surface area contributed by atoms with Gasteiger partial charge in [0.15, 0.2) is 5.69 Å². The van der Waals surface area contributed by atoms with Gasteiger partial charge < -0.3 is 16.2 Å². The molecule has 1 amide bonds. The fourth-order valence-electron chi connectivity index (χ4n) is 1.57. The second kappa shape index (κ2) is 5.66. The molecule has 1 atom stereocenters. The van der Waals surface area contributed by atoms with Gasteiger partial charge in [-0.25, -0.2) is 14.8 Å². The highest BCUT2D eigenvalue weighted by atomic mass is 32.1. The summed E-state index contributed by atoms with van der Waals surface area (Å²) in [7, 11) is 0. The van der Waals surface area contributed by atoms with Crippen molar-refractivity contribution >= 4 is 29.0 Å². The summed E-state index contributed by atoms with van der Waals surface area (Å²) in [6.45, 7) is 1.80. The minimum Gasteiger partial charge on any atom is -0.476 e. The molecule has 2 rings (SSSR count). The predicted octanol–water partition coefficient (Wildman–Crippen LogP) is 1.51. The van der Waals surface area contributed by atoms with Crippen LogP contribution in [0.15, 0.2) is 23.7 Å². The van der Waals surface area contributed by atoms with Gasteiger partial charge in [-0.3, -0.25) is 4.79 Å². The van der Waals surface area contributed by atoms with Crippen LogP contribution in [0.1, 0.15) is 38.8 Å². The number of carboxylic acids is 1. The number of hydrogen-bond acceptors (Lipinski definition) is 6. The number of carboxylic acid groups (broad SMARTS) is 1. The molecule has 0 aliphatic carbocycles. The molecule has 8 heteroatoms. The van der Waals surface area contributed by atoms with Gasteiger partial charge in [0, 0.05) is 11.6 Å². The summed E-state index contributed by atoms with van der Waals surface area (Å²) in [6.07, 6.45) is 1.53. The lowest BCUT2D eigenvalue weighted by Gasteiger charge is -2.13. The summed E-state index contributed by atoms with van der Waals surface area (Å²) in [6, 6.07) is 2.89. The number of hydrogen-bond donors (Lipinski definition) is 3. The SMILES string of the molecule is CC(Nc1ncccc1C(N)=O)c1nc(C(=O)O)cs1. The fourth-order valence-corrected chi connectivity index (χ4v) is 2.37. The van der Waals surface area contributed by atoms with Crippen LogP contribution in [0.2, 0.25) is 0 Å². The number of primary amides is 1. The molecule has 0 saturated carbocycles.